The SMILES string of the molecule is O=C(CCc1c2c(F)cccc2c(O)n1Cc1ccc(F)cc1)Nc1ccc(F)cn1. The average molecular weight is 425 g/mol. The fraction of sp³-hybridized carbons (Fsp3) is 0.130. The van der Waals surface area contributed by atoms with Gasteiger partial charge < -0.3 is 15.0 Å². The molecule has 0 aliphatic carbocycles. The topological polar surface area (TPSA) is 67.2 Å². The molecular formula is C23H18F3N3O2. The maximum Gasteiger partial charge on any atom is 0.225 e. The lowest BCUT2D eigenvalue weighted by Crippen LogP contribution is -2.15. The van der Waals surface area contributed by atoms with Crippen LogP contribution in [0.5, 0.6) is 5.88 Å². The van der Waals surface area contributed by atoms with E-state index in [0.29, 0.717) is 16.6 Å². The number of aryl methyl sites for hydroxylation is 1. The second-order valence-electron chi connectivity index (χ2n) is 7.06. The van der Waals surface area contributed by atoms with Crippen molar-refractivity contribution in [1.29, 1.82) is 0 Å². The van der Waals surface area contributed by atoms with E-state index in [1.54, 1.807) is 18.2 Å². The van der Waals surface area contributed by atoms with Crippen LogP contribution in [0, 0.1) is 17.5 Å². The average Bonchev–Trinajstić information content (AvgIpc) is 3.02. The van der Waals surface area contributed by atoms with Crippen molar-refractivity contribution in [3.8, 4) is 5.88 Å². The number of rotatable bonds is 6. The number of hydrogen-bond donors (Lipinski definition) is 2. The van der Waals surface area contributed by atoms with E-state index in [2.05, 4.69) is 10.3 Å². The number of fused-ring (bicyclic) bond motifs is 1. The first-order valence-corrected chi connectivity index (χ1v) is 9.57. The summed E-state index contributed by atoms with van der Waals surface area (Å²) in [6, 6.07) is 12.7. The molecule has 5 nitrogen and oxygen atoms in total. The fourth-order valence-corrected chi connectivity index (χ4v) is 3.50. The standard InChI is InChI=1S/C23H18F3N3O2/c24-15-6-4-14(5-7-15)13-29-19(22-17(23(29)31)2-1-3-18(22)26)9-11-21(30)28-20-10-8-16(25)12-27-20/h1-8,10,12,31H,9,11,13H2,(H,27,28,30). The monoisotopic (exact) mass is 425 g/mol. The molecule has 0 spiro atoms. The zero-order valence-corrected chi connectivity index (χ0v) is 16.3. The summed E-state index contributed by atoms with van der Waals surface area (Å²) in [5.74, 6) is -1.74. The van der Waals surface area contributed by atoms with Crippen LogP contribution >= 0.6 is 0 Å². The first-order valence-electron chi connectivity index (χ1n) is 9.57. The van der Waals surface area contributed by atoms with E-state index in [4.69, 9.17) is 0 Å². The van der Waals surface area contributed by atoms with E-state index in [-0.39, 0.29) is 42.3 Å². The number of carbonyl (C=O) groups excluding carboxylic acids is 1. The number of halogens is 3. The fourth-order valence-electron chi connectivity index (χ4n) is 3.50. The van der Waals surface area contributed by atoms with Gasteiger partial charge in [-0.05, 0) is 48.4 Å². The van der Waals surface area contributed by atoms with Gasteiger partial charge in [-0.2, -0.15) is 0 Å². The Hall–Kier alpha value is -3.81. The van der Waals surface area contributed by atoms with Crippen molar-refractivity contribution in [1.82, 2.24) is 9.55 Å². The van der Waals surface area contributed by atoms with Gasteiger partial charge in [0.1, 0.15) is 23.3 Å². The molecule has 1 amide bonds. The van der Waals surface area contributed by atoms with E-state index in [9.17, 15) is 23.1 Å². The molecule has 2 N–H and O–H groups in total. The highest BCUT2D eigenvalue weighted by Gasteiger charge is 2.20. The molecule has 0 radical (unpaired) electrons. The van der Waals surface area contributed by atoms with Crippen LogP contribution in [0.15, 0.2) is 60.8 Å². The number of hydrogen-bond acceptors (Lipinski definition) is 3. The number of carbonyl (C=O) groups is 1. The van der Waals surface area contributed by atoms with Crippen LogP contribution in [0.2, 0.25) is 0 Å². The predicted molar refractivity (Wildman–Crippen MR) is 110 cm³/mol. The minimum Gasteiger partial charge on any atom is -0.494 e. The van der Waals surface area contributed by atoms with Crippen molar-refractivity contribution in [3.63, 3.8) is 0 Å². The molecule has 0 fully saturated rings. The Morgan fingerprint density at radius 3 is 2.45 bits per heavy atom. The third-order valence-electron chi connectivity index (χ3n) is 4.96. The van der Waals surface area contributed by atoms with E-state index in [0.717, 1.165) is 6.20 Å². The van der Waals surface area contributed by atoms with Crippen LogP contribution in [-0.2, 0) is 17.8 Å². The third-order valence-corrected chi connectivity index (χ3v) is 4.96. The van der Waals surface area contributed by atoms with Gasteiger partial charge in [0.25, 0.3) is 0 Å². The molecule has 8 heteroatoms. The van der Waals surface area contributed by atoms with Gasteiger partial charge in [0.2, 0.25) is 5.91 Å². The molecule has 0 saturated carbocycles. The molecule has 31 heavy (non-hydrogen) atoms. The van der Waals surface area contributed by atoms with E-state index in [1.807, 2.05) is 0 Å². The van der Waals surface area contributed by atoms with Crippen molar-refractivity contribution >= 4 is 22.5 Å². The van der Waals surface area contributed by atoms with Gasteiger partial charge in [-0.1, -0.05) is 18.2 Å². The van der Waals surface area contributed by atoms with Crippen LogP contribution in [0.3, 0.4) is 0 Å². The van der Waals surface area contributed by atoms with Gasteiger partial charge in [-0.25, -0.2) is 18.2 Å². The first-order chi connectivity index (χ1) is 14.9. The van der Waals surface area contributed by atoms with E-state index in [1.165, 1.54) is 41.0 Å². The van der Waals surface area contributed by atoms with Crippen molar-refractivity contribution in [2.45, 2.75) is 19.4 Å². The van der Waals surface area contributed by atoms with Crippen LogP contribution in [0.1, 0.15) is 17.7 Å². The van der Waals surface area contributed by atoms with Crippen molar-refractivity contribution < 1.29 is 23.1 Å². The molecule has 0 unspecified atom stereocenters. The summed E-state index contributed by atoms with van der Waals surface area (Å²) in [6.45, 7) is 0.177. The van der Waals surface area contributed by atoms with Crippen molar-refractivity contribution in [2.75, 3.05) is 5.32 Å². The Morgan fingerprint density at radius 1 is 1.00 bits per heavy atom. The second kappa shape index (κ2) is 8.51. The van der Waals surface area contributed by atoms with E-state index < -0.39 is 17.5 Å². The molecule has 0 saturated heterocycles. The first kappa shape index (κ1) is 20.5. The minimum absolute atomic E-state index is 0.0185. The summed E-state index contributed by atoms with van der Waals surface area (Å²) >= 11 is 0. The lowest BCUT2D eigenvalue weighted by atomic mass is 10.1. The highest BCUT2D eigenvalue weighted by Crippen LogP contribution is 2.34. The van der Waals surface area contributed by atoms with Crippen LogP contribution in [-0.4, -0.2) is 20.6 Å². The molecule has 158 valence electrons. The number of aromatic nitrogens is 2. The summed E-state index contributed by atoms with van der Waals surface area (Å²) in [6.07, 6.45) is 1.10. The summed E-state index contributed by atoms with van der Waals surface area (Å²) in [4.78, 5) is 16.1. The molecule has 4 rings (SSSR count). The number of benzene rings is 2. The van der Waals surface area contributed by atoms with Crippen molar-refractivity contribution in [2.24, 2.45) is 0 Å². The van der Waals surface area contributed by atoms with Gasteiger partial charge in [-0.15, -0.1) is 0 Å². The van der Waals surface area contributed by atoms with Crippen LogP contribution < -0.4 is 5.32 Å². The Morgan fingerprint density at radius 2 is 1.74 bits per heavy atom. The summed E-state index contributed by atoms with van der Waals surface area (Å²) in [5.41, 5.74) is 1.15. The number of nitrogens with one attached hydrogen (secondary N) is 1. The third kappa shape index (κ3) is 4.37. The predicted octanol–water partition coefficient (Wildman–Crippen LogP) is 4.78. The molecule has 4 aromatic rings. The maximum absolute atomic E-state index is 14.6. The molecule has 2 aromatic carbocycles. The number of anilines is 1. The smallest absolute Gasteiger partial charge is 0.225 e. The Bertz CT molecular complexity index is 1240. The molecule has 2 aromatic heterocycles. The van der Waals surface area contributed by atoms with Gasteiger partial charge in [0.05, 0.1) is 12.7 Å². The Labute approximate surface area is 175 Å². The Balaban J connectivity index is 1.62. The lowest BCUT2D eigenvalue weighted by Gasteiger charge is -2.12. The summed E-state index contributed by atoms with van der Waals surface area (Å²) in [5, 5.41) is 13.8. The molecule has 0 aliphatic rings. The van der Waals surface area contributed by atoms with E-state index >= 15 is 0 Å². The zero-order valence-electron chi connectivity index (χ0n) is 16.3. The van der Waals surface area contributed by atoms with Gasteiger partial charge >= 0.3 is 0 Å². The summed E-state index contributed by atoms with van der Waals surface area (Å²) < 4.78 is 42.3. The molecule has 0 atom stereocenters. The quantitative estimate of drug-likeness (QED) is 0.467. The van der Waals surface area contributed by atoms with Gasteiger partial charge in [0, 0.05) is 22.9 Å². The van der Waals surface area contributed by atoms with Crippen LogP contribution in [0.25, 0.3) is 10.8 Å². The molecule has 0 aliphatic heterocycles. The normalized spacial score (nSPS) is 11.1. The molecule has 0 bridgehead atoms. The highest BCUT2D eigenvalue weighted by atomic mass is 19.1. The second-order valence-corrected chi connectivity index (χ2v) is 7.06. The summed E-state index contributed by atoms with van der Waals surface area (Å²) in [7, 11) is 0. The molecular weight excluding hydrogens is 407 g/mol. The minimum atomic E-state index is -0.519. The Kier molecular flexibility index (Phi) is 5.62. The largest absolute Gasteiger partial charge is 0.494 e. The number of aromatic hydroxyl groups is 1. The number of pyridine rings is 1. The molecule has 2 heterocycles. The number of amides is 1. The van der Waals surface area contributed by atoms with Gasteiger partial charge in [0.15, 0.2) is 5.88 Å². The van der Waals surface area contributed by atoms with Gasteiger partial charge in [-0.3, -0.25) is 4.79 Å². The maximum atomic E-state index is 14.6. The number of nitrogens with zero attached hydrogens (tertiary/aromatic N) is 2. The highest BCUT2D eigenvalue weighted by molar-refractivity contribution is 5.93. The zero-order chi connectivity index (χ0) is 22.0. The lowest BCUT2D eigenvalue weighted by molar-refractivity contribution is -0.116. The van der Waals surface area contributed by atoms with Crippen LogP contribution in [0.4, 0.5) is 19.0 Å². The van der Waals surface area contributed by atoms with Crippen molar-refractivity contribution in [3.05, 3.63) is 89.5 Å².